The number of halogens is 1. The number of nitrogens with zero attached hydrogens (tertiary/aromatic N) is 2. The van der Waals surface area contributed by atoms with Crippen molar-refractivity contribution < 1.29 is 4.39 Å². The highest BCUT2D eigenvalue weighted by molar-refractivity contribution is 5.55. The molecule has 0 atom stereocenters. The molecule has 0 unspecified atom stereocenters. The van der Waals surface area contributed by atoms with Crippen LogP contribution in [0.25, 0.3) is 11.4 Å². The van der Waals surface area contributed by atoms with Gasteiger partial charge in [0.15, 0.2) is 5.82 Å². The fourth-order valence-corrected chi connectivity index (χ4v) is 1.37. The van der Waals surface area contributed by atoms with Gasteiger partial charge in [-0.1, -0.05) is 19.1 Å². The predicted molar refractivity (Wildman–Crippen MR) is 56.8 cm³/mol. The van der Waals surface area contributed by atoms with E-state index >= 15 is 0 Å². The van der Waals surface area contributed by atoms with Crippen molar-refractivity contribution in [3.8, 4) is 11.4 Å². The summed E-state index contributed by atoms with van der Waals surface area (Å²) in [6, 6.07) is 8.37. The van der Waals surface area contributed by atoms with Gasteiger partial charge >= 0.3 is 0 Å². The van der Waals surface area contributed by atoms with Crippen molar-refractivity contribution >= 4 is 0 Å². The van der Waals surface area contributed by atoms with Crippen molar-refractivity contribution in [1.29, 1.82) is 0 Å². The average molecular weight is 202 g/mol. The smallest absolute Gasteiger partial charge is 0.162 e. The van der Waals surface area contributed by atoms with Gasteiger partial charge in [0, 0.05) is 11.9 Å². The summed E-state index contributed by atoms with van der Waals surface area (Å²) in [6.07, 6.45) is 2.48. The summed E-state index contributed by atoms with van der Waals surface area (Å²) in [6.45, 7) is 2.01. The Balaban J connectivity index is 2.49. The molecule has 76 valence electrons. The quantitative estimate of drug-likeness (QED) is 0.748. The lowest BCUT2D eigenvalue weighted by Gasteiger charge is -2.02. The molecule has 0 aliphatic carbocycles. The summed E-state index contributed by atoms with van der Waals surface area (Å²) in [5.41, 5.74) is 1.37. The molecule has 1 heterocycles. The summed E-state index contributed by atoms with van der Waals surface area (Å²) >= 11 is 0. The van der Waals surface area contributed by atoms with E-state index in [-0.39, 0.29) is 5.82 Å². The Morgan fingerprint density at radius 2 is 2.00 bits per heavy atom. The number of aromatic nitrogens is 2. The topological polar surface area (TPSA) is 25.8 Å². The van der Waals surface area contributed by atoms with Gasteiger partial charge in [-0.2, -0.15) is 0 Å². The molecule has 2 rings (SSSR count). The van der Waals surface area contributed by atoms with Crippen molar-refractivity contribution in [3.05, 3.63) is 48.0 Å². The van der Waals surface area contributed by atoms with E-state index in [0.29, 0.717) is 11.4 Å². The van der Waals surface area contributed by atoms with Crippen molar-refractivity contribution in [2.45, 2.75) is 13.3 Å². The van der Waals surface area contributed by atoms with Gasteiger partial charge in [0.2, 0.25) is 0 Å². The second-order valence-electron chi connectivity index (χ2n) is 3.20. The van der Waals surface area contributed by atoms with Gasteiger partial charge in [0.25, 0.3) is 0 Å². The number of aryl methyl sites for hydroxylation is 1. The fraction of sp³-hybridized carbons (Fsp3) is 0.167. The lowest BCUT2D eigenvalue weighted by atomic mass is 10.2. The van der Waals surface area contributed by atoms with E-state index in [4.69, 9.17) is 0 Å². The highest BCUT2D eigenvalue weighted by atomic mass is 19.1. The van der Waals surface area contributed by atoms with Gasteiger partial charge in [-0.05, 0) is 24.6 Å². The van der Waals surface area contributed by atoms with E-state index < -0.39 is 0 Å². The van der Waals surface area contributed by atoms with Crippen LogP contribution < -0.4 is 0 Å². The molecule has 0 aliphatic rings. The van der Waals surface area contributed by atoms with Gasteiger partial charge in [-0.15, -0.1) is 0 Å². The minimum absolute atomic E-state index is 0.286. The van der Waals surface area contributed by atoms with Crippen LogP contribution >= 0.6 is 0 Å². The fourth-order valence-electron chi connectivity index (χ4n) is 1.37. The van der Waals surface area contributed by atoms with Crippen LogP contribution in [0.4, 0.5) is 4.39 Å². The second-order valence-corrected chi connectivity index (χ2v) is 3.20. The van der Waals surface area contributed by atoms with Crippen molar-refractivity contribution in [3.63, 3.8) is 0 Å². The lowest BCUT2D eigenvalue weighted by Crippen LogP contribution is -1.95. The van der Waals surface area contributed by atoms with Crippen LogP contribution in [0.1, 0.15) is 12.6 Å². The average Bonchev–Trinajstić information content (AvgIpc) is 2.30. The minimum Gasteiger partial charge on any atom is -0.236 e. The predicted octanol–water partition coefficient (Wildman–Crippen LogP) is 2.85. The Labute approximate surface area is 87.8 Å². The second kappa shape index (κ2) is 4.17. The normalized spacial score (nSPS) is 10.3. The molecule has 0 N–H and O–H groups in total. The maximum Gasteiger partial charge on any atom is 0.162 e. The summed E-state index contributed by atoms with van der Waals surface area (Å²) < 4.78 is 13.4. The van der Waals surface area contributed by atoms with Gasteiger partial charge in [0.05, 0.1) is 5.56 Å². The summed E-state index contributed by atoms with van der Waals surface area (Å²) in [5.74, 6) is 0.165. The Morgan fingerprint density at radius 1 is 1.20 bits per heavy atom. The zero-order valence-corrected chi connectivity index (χ0v) is 8.44. The van der Waals surface area contributed by atoms with Crippen LogP contribution in [0.5, 0.6) is 0 Å². The molecule has 2 nitrogen and oxygen atoms in total. The number of benzene rings is 1. The first-order valence-corrected chi connectivity index (χ1v) is 4.88. The zero-order chi connectivity index (χ0) is 10.7. The largest absolute Gasteiger partial charge is 0.236 e. The van der Waals surface area contributed by atoms with Crippen molar-refractivity contribution in [2.24, 2.45) is 0 Å². The monoisotopic (exact) mass is 202 g/mol. The molecule has 0 bridgehead atoms. The molecule has 2 aromatic rings. The molecule has 15 heavy (non-hydrogen) atoms. The van der Waals surface area contributed by atoms with Crippen LogP contribution in [-0.2, 0) is 6.42 Å². The lowest BCUT2D eigenvalue weighted by molar-refractivity contribution is 0.630. The van der Waals surface area contributed by atoms with Crippen LogP contribution in [0.2, 0.25) is 0 Å². The SMILES string of the molecule is CCc1ccnc(-c2ccccc2F)n1. The Bertz CT molecular complexity index is 469. The van der Waals surface area contributed by atoms with E-state index in [1.165, 1.54) is 6.07 Å². The molecule has 0 radical (unpaired) electrons. The maximum absolute atomic E-state index is 13.4. The third-order valence-electron chi connectivity index (χ3n) is 2.19. The van der Waals surface area contributed by atoms with E-state index in [9.17, 15) is 4.39 Å². The molecular formula is C12H11FN2. The Hall–Kier alpha value is -1.77. The highest BCUT2D eigenvalue weighted by Crippen LogP contribution is 2.18. The summed E-state index contributed by atoms with van der Waals surface area (Å²) in [7, 11) is 0. The van der Waals surface area contributed by atoms with E-state index in [2.05, 4.69) is 9.97 Å². The van der Waals surface area contributed by atoms with E-state index in [0.717, 1.165) is 12.1 Å². The van der Waals surface area contributed by atoms with Crippen LogP contribution in [0.15, 0.2) is 36.5 Å². The molecule has 0 saturated carbocycles. The minimum atomic E-state index is -0.286. The molecule has 3 heteroatoms. The molecule has 1 aromatic heterocycles. The third-order valence-corrected chi connectivity index (χ3v) is 2.19. The first-order valence-electron chi connectivity index (χ1n) is 4.88. The van der Waals surface area contributed by atoms with Crippen LogP contribution in [-0.4, -0.2) is 9.97 Å². The maximum atomic E-state index is 13.4. The molecular weight excluding hydrogens is 191 g/mol. The van der Waals surface area contributed by atoms with Crippen molar-refractivity contribution in [1.82, 2.24) is 9.97 Å². The Kier molecular flexibility index (Phi) is 2.72. The van der Waals surface area contributed by atoms with Gasteiger partial charge in [0.1, 0.15) is 5.82 Å². The molecule has 0 aliphatic heterocycles. The van der Waals surface area contributed by atoms with Crippen molar-refractivity contribution in [2.75, 3.05) is 0 Å². The first-order chi connectivity index (χ1) is 7.31. The van der Waals surface area contributed by atoms with Gasteiger partial charge < -0.3 is 0 Å². The molecule has 0 amide bonds. The Morgan fingerprint density at radius 3 is 2.73 bits per heavy atom. The number of rotatable bonds is 2. The van der Waals surface area contributed by atoms with E-state index in [1.807, 2.05) is 13.0 Å². The first kappa shape index (κ1) is 9.77. The van der Waals surface area contributed by atoms with Gasteiger partial charge in [-0.25, -0.2) is 14.4 Å². The molecule has 0 fully saturated rings. The number of hydrogen-bond donors (Lipinski definition) is 0. The highest BCUT2D eigenvalue weighted by Gasteiger charge is 2.06. The molecule has 0 spiro atoms. The summed E-state index contributed by atoms with van der Waals surface area (Å²) in [4.78, 5) is 8.34. The zero-order valence-electron chi connectivity index (χ0n) is 8.44. The third kappa shape index (κ3) is 2.01. The molecule has 0 saturated heterocycles. The van der Waals surface area contributed by atoms with Crippen LogP contribution in [0.3, 0.4) is 0 Å². The van der Waals surface area contributed by atoms with Crippen LogP contribution in [0, 0.1) is 5.82 Å². The van der Waals surface area contributed by atoms with Gasteiger partial charge in [-0.3, -0.25) is 0 Å². The summed E-state index contributed by atoms with van der Waals surface area (Å²) in [5, 5.41) is 0. The van der Waals surface area contributed by atoms with E-state index in [1.54, 1.807) is 24.4 Å². The number of hydrogen-bond acceptors (Lipinski definition) is 2. The standard InChI is InChI=1S/C12H11FN2/c1-2-9-7-8-14-12(15-9)10-5-3-4-6-11(10)13/h3-8H,2H2,1H3. The molecule has 1 aromatic carbocycles.